The third kappa shape index (κ3) is 2.14. The molecule has 3 heteroatoms. The molecule has 0 saturated heterocycles. The van der Waals surface area contributed by atoms with Crippen molar-refractivity contribution < 1.29 is 4.74 Å². The summed E-state index contributed by atoms with van der Waals surface area (Å²) in [6, 6.07) is 8.26. The molecule has 2 aromatic rings. The van der Waals surface area contributed by atoms with Crippen molar-refractivity contribution in [3.8, 4) is 5.75 Å². The molecule has 0 atom stereocenters. The van der Waals surface area contributed by atoms with Gasteiger partial charge in [0.05, 0.1) is 18.8 Å². The molecule has 1 N–H and O–H groups in total. The summed E-state index contributed by atoms with van der Waals surface area (Å²) in [5.74, 6) is 0.810. The Morgan fingerprint density at radius 3 is 3.00 bits per heavy atom. The SMILES string of the molecule is CNCCc1cccc2ncc(OC)cc12. The Morgan fingerprint density at radius 2 is 2.25 bits per heavy atom. The van der Waals surface area contributed by atoms with E-state index in [0.717, 1.165) is 24.2 Å². The summed E-state index contributed by atoms with van der Waals surface area (Å²) < 4.78 is 5.20. The van der Waals surface area contributed by atoms with E-state index in [9.17, 15) is 0 Å². The second-order valence-corrected chi connectivity index (χ2v) is 3.71. The third-order valence-corrected chi connectivity index (χ3v) is 2.67. The lowest BCUT2D eigenvalue weighted by molar-refractivity contribution is 0.413. The Hall–Kier alpha value is -1.61. The highest BCUT2D eigenvalue weighted by atomic mass is 16.5. The molecule has 0 spiro atoms. The van der Waals surface area contributed by atoms with Crippen molar-refractivity contribution in [1.82, 2.24) is 10.3 Å². The van der Waals surface area contributed by atoms with Gasteiger partial charge in [-0.2, -0.15) is 0 Å². The molecule has 0 amide bonds. The first-order chi connectivity index (χ1) is 7.85. The first-order valence-electron chi connectivity index (χ1n) is 5.41. The minimum absolute atomic E-state index is 0.810. The van der Waals surface area contributed by atoms with Crippen LogP contribution in [-0.2, 0) is 6.42 Å². The molecule has 0 fully saturated rings. The largest absolute Gasteiger partial charge is 0.495 e. The van der Waals surface area contributed by atoms with Crippen LogP contribution in [0, 0.1) is 0 Å². The van der Waals surface area contributed by atoms with Gasteiger partial charge in [0.1, 0.15) is 5.75 Å². The molecule has 16 heavy (non-hydrogen) atoms. The summed E-state index contributed by atoms with van der Waals surface area (Å²) in [6.45, 7) is 0.969. The van der Waals surface area contributed by atoms with Crippen LogP contribution in [0.4, 0.5) is 0 Å². The van der Waals surface area contributed by atoms with E-state index < -0.39 is 0 Å². The summed E-state index contributed by atoms with van der Waals surface area (Å²) in [6.07, 6.45) is 2.76. The molecule has 1 aromatic carbocycles. The first kappa shape index (κ1) is 10.9. The van der Waals surface area contributed by atoms with Gasteiger partial charge in [0.25, 0.3) is 0 Å². The van der Waals surface area contributed by atoms with Gasteiger partial charge in [0.2, 0.25) is 0 Å². The van der Waals surface area contributed by atoms with Crippen LogP contribution in [0.1, 0.15) is 5.56 Å². The molecule has 0 aliphatic carbocycles. The average molecular weight is 216 g/mol. The maximum Gasteiger partial charge on any atom is 0.137 e. The summed E-state index contributed by atoms with van der Waals surface area (Å²) >= 11 is 0. The van der Waals surface area contributed by atoms with Gasteiger partial charge in [0.15, 0.2) is 0 Å². The number of nitrogens with zero attached hydrogens (tertiary/aromatic N) is 1. The van der Waals surface area contributed by atoms with Gasteiger partial charge in [0, 0.05) is 5.39 Å². The Bertz CT molecular complexity index is 482. The lowest BCUT2D eigenvalue weighted by atomic mass is 10.1. The van der Waals surface area contributed by atoms with E-state index in [-0.39, 0.29) is 0 Å². The number of hydrogen-bond acceptors (Lipinski definition) is 3. The standard InChI is InChI=1S/C13H16N2O/c1-14-7-6-10-4-3-5-13-12(10)8-11(16-2)9-15-13/h3-5,8-9,14H,6-7H2,1-2H3. The van der Waals surface area contributed by atoms with Crippen LogP contribution in [0.5, 0.6) is 5.75 Å². The molecule has 0 unspecified atom stereocenters. The fourth-order valence-electron chi connectivity index (χ4n) is 1.78. The Kier molecular flexibility index (Phi) is 3.37. The topological polar surface area (TPSA) is 34.2 Å². The zero-order chi connectivity index (χ0) is 11.4. The van der Waals surface area contributed by atoms with Crippen molar-refractivity contribution in [2.75, 3.05) is 20.7 Å². The second kappa shape index (κ2) is 4.94. The zero-order valence-corrected chi connectivity index (χ0v) is 9.66. The van der Waals surface area contributed by atoms with E-state index in [4.69, 9.17) is 4.74 Å². The summed E-state index contributed by atoms with van der Waals surface area (Å²) in [5.41, 5.74) is 2.33. The molecular formula is C13H16N2O. The molecule has 3 nitrogen and oxygen atoms in total. The highest BCUT2D eigenvalue weighted by molar-refractivity contribution is 5.83. The molecule has 84 valence electrons. The number of pyridine rings is 1. The number of aromatic nitrogens is 1. The molecule has 0 radical (unpaired) electrons. The molecular weight excluding hydrogens is 200 g/mol. The van der Waals surface area contributed by atoms with E-state index in [1.54, 1.807) is 13.3 Å². The Morgan fingerprint density at radius 1 is 1.38 bits per heavy atom. The van der Waals surface area contributed by atoms with Gasteiger partial charge in [-0.3, -0.25) is 4.98 Å². The van der Waals surface area contributed by atoms with Gasteiger partial charge in [-0.25, -0.2) is 0 Å². The van der Waals surface area contributed by atoms with Crippen molar-refractivity contribution in [1.29, 1.82) is 0 Å². The molecule has 2 rings (SSSR count). The van der Waals surface area contributed by atoms with Gasteiger partial charge in [-0.05, 0) is 37.7 Å². The molecule has 1 aromatic heterocycles. The highest BCUT2D eigenvalue weighted by Gasteiger charge is 2.03. The number of fused-ring (bicyclic) bond motifs is 1. The van der Waals surface area contributed by atoms with Crippen molar-refractivity contribution in [2.24, 2.45) is 0 Å². The summed E-state index contributed by atoms with van der Waals surface area (Å²) in [4.78, 5) is 4.38. The monoisotopic (exact) mass is 216 g/mol. The Balaban J connectivity index is 2.46. The average Bonchev–Trinajstić information content (AvgIpc) is 2.35. The van der Waals surface area contributed by atoms with E-state index in [2.05, 4.69) is 16.4 Å². The van der Waals surface area contributed by atoms with E-state index in [1.807, 2.05) is 25.2 Å². The predicted octanol–water partition coefficient (Wildman–Crippen LogP) is 2.01. The third-order valence-electron chi connectivity index (χ3n) is 2.67. The van der Waals surface area contributed by atoms with Gasteiger partial charge < -0.3 is 10.1 Å². The van der Waals surface area contributed by atoms with Crippen LogP contribution < -0.4 is 10.1 Å². The van der Waals surface area contributed by atoms with Crippen LogP contribution >= 0.6 is 0 Å². The van der Waals surface area contributed by atoms with E-state index in [0.29, 0.717) is 0 Å². The number of benzene rings is 1. The van der Waals surface area contributed by atoms with Crippen LogP contribution in [0.3, 0.4) is 0 Å². The zero-order valence-electron chi connectivity index (χ0n) is 9.66. The second-order valence-electron chi connectivity index (χ2n) is 3.71. The number of nitrogens with one attached hydrogen (secondary N) is 1. The van der Waals surface area contributed by atoms with Crippen LogP contribution in [0.15, 0.2) is 30.5 Å². The number of methoxy groups -OCH3 is 1. The van der Waals surface area contributed by atoms with E-state index >= 15 is 0 Å². The minimum atomic E-state index is 0.810. The smallest absolute Gasteiger partial charge is 0.137 e. The number of rotatable bonds is 4. The highest BCUT2D eigenvalue weighted by Crippen LogP contribution is 2.21. The number of likely N-dealkylation sites (N-methyl/N-ethyl adjacent to an activating group) is 1. The summed E-state index contributed by atoms with van der Waals surface area (Å²) in [5, 5.41) is 4.34. The van der Waals surface area contributed by atoms with Gasteiger partial charge in [-0.15, -0.1) is 0 Å². The maximum atomic E-state index is 5.20. The van der Waals surface area contributed by atoms with Crippen molar-refractivity contribution in [2.45, 2.75) is 6.42 Å². The Labute approximate surface area is 95.5 Å². The normalized spacial score (nSPS) is 10.6. The number of ether oxygens (including phenoxy) is 1. The van der Waals surface area contributed by atoms with Crippen LogP contribution in [0.25, 0.3) is 10.9 Å². The first-order valence-corrected chi connectivity index (χ1v) is 5.41. The fourth-order valence-corrected chi connectivity index (χ4v) is 1.78. The van der Waals surface area contributed by atoms with Crippen LogP contribution in [0.2, 0.25) is 0 Å². The van der Waals surface area contributed by atoms with Crippen molar-refractivity contribution in [3.63, 3.8) is 0 Å². The minimum Gasteiger partial charge on any atom is -0.495 e. The van der Waals surface area contributed by atoms with Gasteiger partial charge in [-0.1, -0.05) is 12.1 Å². The fraction of sp³-hybridized carbons (Fsp3) is 0.308. The quantitative estimate of drug-likeness (QED) is 0.848. The predicted molar refractivity (Wildman–Crippen MR) is 65.9 cm³/mol. The maximum absolute atomic E-state index is 5.20. The van der Waals surface area contributed by atoms with E-state index in [1.165, 1.54) is 10.9 Å². The molecule has 0 aliphatic rings. The molecule has 0 bridgehead atoms. The lowest BCUT2D eigenvalue weighted by Crippen LogP contribution is -2.10. The van der Waals surface area contributed by atoms with Crippen LogP contribution in [-0.4, -0.2) is 25.7 Å². The molecule has 0 aliphatic heterocycles. The van der Waals surface area contributed by atoms with Crippen molar-refractivity contribution >= 4 is 10.9 Å². The van der Waals surface area contributed by atoms with Crippen molar-refractivity contribution in [3.05, 3.63) is 36.0 Å². The number of hydrogen-bond donors (Lipinski definition) is 1. The molecule has 0 saturated carbocycles. The molecule has 1 heterocycles. The lowest BCUT2D eigenvalue weighted by Gasteiger charge is -2.07. The summed E-state index contributed by atoms with van der Waals surface area (Å²) in [7, 11) is 3.63. The van der Waals surface area contributed by atoms with Gasteiger partial charge >= 0.3 is 0 Å².